The summed E-state index contributed by atoms with van der Waals surface area (Å²) in [5.74, 6) is 0.499. The number of carbonyl (C=O) groups excluding carboxylic acids is 2. The maximum atomic E-state index is 11.0. The number of primary amides is 1. The van der Waals surface area contributed by atoms with Crippen LogP contribution >= 0.6 is 15.9 Å². The number of carbonyl (C=O) groups is 2. The van der Waals surface area contributed by atoms with Gasteiger partial charge in [-0.2, -0.15) is 0 Å². The van der Waals surface area contributed by atoms with E-state index < -0.39 is 5.91 Å². The second-order valence-electron chi connectivity index (χ2n) is 4.50. The molecule has 0 unspecified atom stereocenters. The van der Waals surface area contributed by atoms with Gasteiger partial charge in [-0.05, 0) is 45.8 Å². The summed E-state index contributed by atoms with van der Waals surface area (Å²) in [4.78, 5) is 21.9. The molecule has 22 heavy (non-hydrogen) atoms. The number of rotatable bonds is 6. The molecular formula is C16H14BrNO4. The van der Waals surface area contributed by atoms with Crippen LogP contribution in [0, 0.1) is 0 Å². The highest BCUT2D eigenvalue weighted by Crippen LogP contribution is 2.36. The fourth-order valence-electron chi connectivity index (χ4n) is 1.87. The molecule has 5 nitrogen and oxygen atoms in total. The van der Waals surface area contributed by atoms with Crippen LogP contribution in [-0.4, -0.2) is 19.3 Å². The first-order valence-electron chi connectivity index (χ1n) is 6.39. The molecule has 0 aliphatic carbocycles. The molecule has 0 saturated carbocycles. The van der Waals surface area contributed by atoms with E-state index in [1.807, 2.05) is 0 Å². The number of amides is 1. The summed E-state index contributed by atoms with van der Waals surface area (Å²) >= 11 is 3.36. The van der Waals surface area contributed by atoms with Gasteiger partial charge in [0.15, 0.2) is 11.5 Å². The average molecular weight is 364 g/mol. The molecule has 0 spiro atoms. The summed E-state index contributed by atoms with van der Waals surface area (Å²) in [5, 5.41) is 0. The molecule has 0 aromatic heterocycles. The lowest BCUT2D eigenvalue weighted by Gasteiger charge is -2.13. The van der Waals surface area contributed by atoms with Crippen LogP contribution < -0.4 is 15.2 Å². The van der Waals surface area contributed by atoms with Gasteiger partial charge in [-0.1, -0.05) is 12.1 Å². The van der Waals surface area contributed by atoms with Gasteiger partial charge in [-0.25, -0.2) is 0 Å². The summed E-state index contributed by atoms with van der Waals surface area (Å²) in [5.41, 5.74) is 7.00. The number of nitrogens with two attached hydrogens (primary N) is 1. The number of benzene rings is 2. The van der Waals surface area contributed by atoms with Gasteiger partial charge in [0.1, 0.15) is 12.9 Å². The van der Waals surface area contributed by atoms with E-state index in [1.54, 1.807) is 36.4 Å². The molecule has 6 heteroatoms. The minimum absolute atomic E-state index is 0.286. The first-order valence-corrected chi connectivity index (χ1v) is 7.18. The van der Waals surface area contributed by atoms with Crippen molar-refractivity contribution in [2.24, 2.45) is 5.73 Å². The first-order chi connectivity index (χ1) is 10.5. The van der Waals surface area contributed by atoms with E-state index >= 15 is 0 Å². The first kappa shape index (κ1) is 16.0. The molecule has 114 valence electrons. The van der Waals surface area contributed by atoms with E-state index in [0.29, 0.717) is 27.1 Å². The highest BCUT2D eigenvalue weighted by molar-refractivity contribution is 9.10. The third kappa shape index (κ3) is 3.65. The van der Waals surface area contributed by atoms with E-state index in [2.05, 4.69) is 15.9 Å². The maximum Gasteiger partial charge on any atom is 0.248 e. The Morgan fingerprint density at radius 2 is 1.95 bits per heavy atom. The molecule has 2 N–H and O–H groups in total. The third-order valence-electron chi connectivity index (χ3n) is 3.01. The van der Waals surface area contributed by atoms with Crippen molar-refractivity contribution in [3.8, 4) is 11.5 Å². The van der Waals surface area contributed by atoms with E-state index in [1.165, 1.54) is 7.11 Å². The SMILES string of the molecule is COc1cc(C=O)cc(Br)c1OCc1ccc(C(N)=O)cc1. The van der Waals surface area contributed by atoms with Gasteiger partial charge < -0.3 is 15.2 Å². The molecule has 0 aliphatic rings. The number of aldehydes is 1. The molecule has 0 bridgehead atoms. The number of hydrogen-bond acceptors (Lipinski definition) is 4. The number of halogens is 1. The van der Waals surface area contributed by atoms with Crippen LogP contribution in [0.15, 0.2) is 40.9 Å². The average Bonchev–Trinajstić information content (AvgIpc) is 2.53. The molecule has 0 radical (unpaired) electrons. The largest absolute Gasteiger partial charge is 0.493 e. The van der Waals surface area contributed by atoms with Crippen LogP contribution in [0.2, 0.25) is 0 Å². The van der Waals surface area contributed by atoms with Gasteiger partial charge in [0, 0.05) is 11.1 Å². The quantitative estimate of drug-likeness (QED) is 0.800. The van der Waals surface area contributed by atoms with Crippen molar-refractivity contribution < 1.29 is 19.1 Å². The van der Waals surface area contributed by atoms with Crippen LogP contribution in [0.3, 0.4) is 0 Å². The molecule has 2 aromatic carbocycles. The summed E-state index contributed by atoms with van der Waals surface area (Å²) in [6.45, 7) is 0.286. The Hall–Kier alpha value is -2.34. The number of hydrogen-bond donors (Lipinski definition) is 1. The molecule has 2 rings (SSSR count). The Labute approximate surface area is 136 Å². The highest BCUT2D eigenvalue weighted by atomic mass is 79.9. The van der Waals surface area contributed by atoms with Crippen LogP contribution in [0.1, 0.15) is 26.3 Å². The molecular weight excluding hydrogens is 350 g/mol. The van der Waals surface area contributed by atoms with Crippen LogP contribution in [0.4, 0.5) is 0 Å². The predicted molar refractivity (Wildman–Crippen MR) is 85.4 cm³/mol. The predicted octanol–water partition coefficient (Wildman–Crippen LogP) is 2.95. The van der Waals surface area contributed by atoms with Crippen molar-refractivity contribution >= 4 is 28.1 Å². The summed E-state index contributed by atoms with van der Waals surface area (Å²) in [7, 11) is 1.50. The number of methoxy groups -OCH3 is 1. The Balaban J connectivity index is 2.17. The molecule has 0 fully saturated rings. The van der Waals surface area contributed by atoms with Crippen molar-refractivity contribution in [2.45, 2.75) is 6.61 Å². The Morgan fingerprint density at radius 1 is 1.27 bits per heavy atom. The third-order valence-corrected chi connectivity index (χ3v) is 3.60. The maximum absolute atomic E-state index is 11.0. The highest BCUT2D eigenvalue weighted by Gasteiger charge is 2.12. The van der Waals surface area contributed by atoms with Gasteiger partial charge in [0.05, 0.1) is 11.6 Å². The monoisotopic (exact) mass is 363 g/mol. The molecule has 0 saturated heterocycles. The van der Waals surface area contributed by atoms with E-state index in [9.17, 15) is 9.59 Å². The zero-order chi connectivity index (χ0) is 16.1. The van der Waals surface area contributed by atoms with Gasteiger partial charge in [-0.15, -0.1) is 0 Å². The molecule has 0 atom stereocenters. The zero-order valence-electron chi connectivity index (χ0n) is 11.8. The van der Waals surface area contributed by atoms with Crippen molar-refractivity contribution in [1.29, 1.82) is 0 Å². The zero-order valence-corrected chi connectivity index (χ0v) is 13.4. The fourth-order valence-corrected chi connectivity index (χ4v) is 2.44. The smallest absolute Gasteiger partial charge is 0.248 e. The van der Waals surface area contributed by atoms with Crippen LogP contribution in [0.5, 0.6) is 11.5 Å². The lowest BCUT2D eigenvalue weighted by Crippen LogP contribution is -2.10. The van der Waals surface area contributed by atoms with E-state index in [4.69, 9.17) is 15.2 Å². The standard InChI is InChI=1S/C16H14BrNO4/c1-21-14-7-11(8-19)6-13(17)15(14)22-9-10-2-4-12(5-3-10)16(18)20/h2-8H,9H2,1H3,(H2,18,20). The van der Waals surface area contributed by atoms with Crippen LogP contribution in [0.25, 0.3) is 0 Å². The van der Waals surface area contributed by atoms with Crippen molar-refractivity contribution in [1.82, 2.24) is 0 Å². The van der Waals surface area contributed by atoms with Crippen molar-refractivity contribution in [3.63, 3.8) is 0 Å². The summed E-state index contributed by atoms with van der Waals surface area (Å²) in [6, 6.07) is 10.1. The normalized spacial score (nSPS) is 10.1. The Bertz CT molecular complexity index is 698. The van der Waals surface area contributed by atoms with E-state index in [-0.39, 0.29) is 6.61 Å². The van der Waals surface area contributed by atoms with Gasteiger partial charge in [0.2, 0.25) is 5.91 Å². The van der Waals surface area contributed by atoms with Gasteiger partial charge in [0.25, 0.3) is 0 Å². The molecule has 0 heterocycles. The topological polar surface area (TPSA) is 78.6 Å². The Kier molecular flexibility index (Phi) is 5.16. The lowest BCUT2D eigenvalue weighted by atomic mass is 10.1. The number of ether oxygens (including phenoxy) is 2. The second-order valence-corrected chi connectivity index (χ2v) is 5.36. The van der Waals surface area contributed by atoms with Crippen molar-refractivity contribution in [3.05, 3.63) is 57.6 Å². The minimum atomic E-state index is -0.471. The molecule has 0 aliphatic heterocycles. The fraction of sp³-hybridized carbons (Fsp3) is 0.125. The summed E-state index contributed by atoms with van der Waals surface area (Å²) < 4.78 is 11.6. The molecule has 1 amide bonds. The van der Waals surface area contributed by atoms with Crippen LogP contribution in [-0.2, 0) is 6.61 Å². The summed E-state index contributed by atoms with van der Waals surface area (Å²) in [6.07, 6.45) is 0.736. The van der Waals surface area contributed by atoms with Crippen molar-refractivity contribution in [2.75, 3.05) is 7.11 Å². The molecule has 2 aromatic rings. The minimum Gasteiger partial charge on any atom is -0.493 e. The lowest BCUT2D eigenvalue weighted by molar-refractivity contribution is 0.0999. The van der Waals surface area contributed by atoms with E-state index in [0.717, 1.165) is 11.8 Å². The van der Waals surface area contributed by atoms with Gasteiger partial charge >= 0.3 is 0 Å². The Morgan fingerprint density at radius 3 is 2.50 bits per heavy atom. The second kappa shape index (κ2) is 7.09. The van der Waals surface area contributed by atoms with Gasteiger partial charge in [-0.3, -0.25) is 9.59 Å².